The van der Waals surface area contributed by atoms with Gasteiger partial charge in [-0.05, 0) is 36.4 Å². The summed E-state index contributed by atoms with van der Waals surface area (Å²) in [6, 6.07) is 12.4. The predicted molar refractivity (Wildman–Crippen MR) is 116 cm³/mol. The van der Waals surface area contributed by atoms with Crippen molar-refractivity contribution in [3.8, 4) is 17.0 Å². The second-order valence-electron chi connectivity index (χ2n) is 7.70. The van der Waals surface area contributed by atoms with Gasteiger partial charge in [0.05, 0.1) is 17.6 Å². The van der Waals surface area contributed by atoms with Crippen molar-refractivity contribution in [1.82, 2.24) is 14.5 Å². The van der Waals surface area contributed by atoms with E-state index in [1.54, 1.807) is 17.0 Å². The van der Waals surface area contributed by atoms with Gasteiger partial charge >= 0.3 is 6.18 Å². The lowest BCUT2D eigenvalue weighted by molar-refractivity contribution is -0.137. The Balaban J connectivity index is 1.38. The number of hydrogen-bond acceptors (Lipinski definition) is 5. The van der Waals surface area contributed by atoms with Crippen molar-refractivity contribution in [3.05, 3.63) is 76.8 Å². The van der Waals surface area contributed by atoms with Crippen molar-refractivity contribution in [2.24, 2.45) is 0 Å². The van der Waals surface area contributed by atoms with Gasteiger partial charge in [-0.15, -0.1) is 0 Å². The lowest BCUT2D eigenvalue weighted by atomic mass is 10.1. The fourth-order valence-corrected chi connectivity index (χ4v) is 3.66. The lowest BCUT2D eigenvalue weighted by Crippen LogP contribution is -2.50. The van der Waals surface area contributed by atoms with Crippen LogP contribution in [0.15, 0.2) is 65.7 Å². The van der Waals surface area contributed by atoms with Crippen LogP contribution in [0.1, 0.15) is 5.56 Å². The van der Waals surface area contributed by atoms with Crippen LogP contribution in [0.5, 0.6) is 5.75 Å². The number of halogens is 3. The van der Waals surface area contributed by atoms with E-state index in [1.807, 2.05) is 12.1 Å². The molecule has 0 unspecified atom stereocenters. The molecule has 0 spiro atoms. The highest BCUT2D eigenvalue weighted by Crippen LogP contribution is 2.30. The number of piperazine rings is 1. The van der Waals surface area contributed by atoms with Gasteiger partial charge in [-0.2, -0.15) is 13.2 Å². The van der Waals surface area contributed by atoms with E-state index in [1.165, 1.54) is 29.1 Å². The van der Waals surface area contributed by atoms with Crippen molar-refractivity contribution >= 4 is 11.6 Å². The van der Waals surface area contributed by atoms with Crippen LogP contribution in [0.4, 0.5) is 18.9 Å². The average Bonchev–Trinajstić information content (AvgIpc) is 2.80. The van der Waals surface area contributed by atoms with Gasteiger partial charge in [0.1, 0.15) is 12.3 Å². The Kier molecular flexibility index (Phi) is 6.08. The molecule has 1 aliphatic rings. The van der Waals surface area contributed by atoms with Crippen LogP contribution < -0.4 is 10.5 Å². The minimum absolute atomic E-state index is 0.168. The van der Waals surface area contributed by atoms with Gasteiger partial charge < -0.3 is 14.9 Å². The summed E-state index contributed by atoms with van der Waals surface area (Å²) in [5, 5.41) is 9.41. The van der Waals surface area contributed by atoms with E-state index < -0.39 is 17.3 Å². The molecule has 0 atom stereocenters. The molecular weight excluding hydrogens is 437 g/mol. The maximum atomic E-state index is 12.7. The van der Waals surface area contributed by atoms with E-state index >= 15 is 0 Å². The number of phenols is 1. The van der Waals surface area contributed by atoms with Crippen LogP contribution in [0.3, 0.4) is 0 Å². The number of hydrogen-bond donors (Lipinski definition) is 1. The fraction of sp³-hybridized carbons (Fsp3) is 0.261. The molecule has 4 rings (SSSR count). The number of rotatable bonds is 4. The molecule has 7 nitrogen and oxygen atoms in total. The Morgan fingerprint density at radius 3 is 2.18 bits per heavy atom. The second kappa shape index (κ2) is 8.97. The van der Waals surface area contributed by atoms with Gasteiger partial charge in [-0.1, -0.05) is 12.1 Å². The lowest BCUT2D eigenvalue weighted by Gasteiger charge is -2.36. The van der Waals surface area contributed by atoms with Gasteiger partial charge in [0.2, 0.25) is 5.91 Å². The number of anilines is 1. The maximum absolute atomic E-state index is 12.7. The number of phenolic OH excluding ortho intramolecular Hbond substituents is 1. The molecule has 1 aromatic heterocycles. The molecule has 3 aromatic rings. The normalized spacial score (nSPS) is 14.4. The Bertz CT molecular complexity index is 1180. The molecule has 1 N–H and O–H groups in total. The summed E-state index contributed by atoms with van der Waals surface area (Å²) in [5.41, 5.74) is 0.328. The van der Waals surface area contributed by atoms with Crippen molar-refractivity contribution < 1.29 is 23.1 Å². The molecule has 2 heterocycles. The summed E-state index contributed by atoms with van der Waals surface area (Å²) in [6.07, 6.45) is -3.20. The first kappa shape index (κ1) is 22.4. The third kappa shape index (κ3) is 5.16. The number of carbonyl (C=O) groups excluding carboxylic acids is 1. The van der Waals surface area contributed by atoms with Crippen LogP contribution >= 0.6 is 0 Å². The molecule has 0 aliphatic carbocycles. The van der Waals surface area contributed by atoms with Crippen molar-refractivity contribution in [3.63, 3.8) is 0 Å². The van der Waals surface area contributed by atoms with Crippen LogP contribution in [0, 0.1) is 0 Å². The summed E-state index contributed by atoms with van der Waals surface area (Å²) in [6.45, 7) is 2.06. The molecule has 1 saturated heterocycles. The molecule has 172 valence electrons. The van der Waals surface area contributed by atoms with E-state index in [-0.39, 0.29) is 23.9 Å². The first-order valence-electron chi connectivity index (χ1n) is 10.3. The Labute approximate surface area is 187 Å². The van der Waals surface area contributed by atoms with Gasteiger partial charge in [0, 0.05) is 43.5 Å². The summed E-state index contributed by atoms with van der Waals surface area (Å²) in [4.78, 5) is 33.1. The molecular formula is C23H21F3N4O3. The maximum Gasteiger partial charge on any atom is 0.416 e. The first-order chi connectivity index (χ1) is 15.7. The SMILES string of the molecule is O=C(Cn1cnc(-c2ccc(C(F)(F)F)cc2)cc1=O)N1CCN(c2ccc(O)cc2)CC1. The predicted octanol–water partition coefficient (Wildman–Crippen LogP) is 2.98. The number of benzene rings is 2. The van der Waals surface area contributed by atoms with Gasteiger partial charge in [0.25, 0.3) is 5.56 Å². The van der Waals surface area contributed by atoms with Gasteiger partial charge in [-0.3, -0.25) is 14.2 Å². The summed E-state index contributed by atoms with van der Waals surface area (Å²) >= 11 is 0. The van der Waals surface area contributed by atoms with Gasteiger partial charge in [-0.25, -0.2) is 4.98 Å². The summed E-state index contributed by atoms with van der Waals surface area (Å²) in [7, 11) is 0. The van der Waals surface area contributed by atoms with E-state index in [9.17, 15) is 27.9 Å². The van der Waals surface area contributed by atoms with Crippen LogP contribution in [-0.4, -0.2) is 51.6 Å². The molecule has 10 heteroatoms. The minimum atomic E-state index is -4.44. The fourth-order valence-electron chi connectivity index (χ4n) is 3.66. The monoisotopic (exact) mass is 458 g/mol. The number of amides is 1. The van der Waals surface area contributed by atoms with Crippen molar-refractivity contribution in [2.75, 3.05) is 31.1 Å². The molecule has 1 amide bonds. The third-order valence-electron chi connectivity index (χ3n) is 5.54. The number of alkyl halides is 3. The topological polar surface area (TPSA) is 78.7 Å². The molecule has 1 fully saturated rings. The quantitative estimate of drug-likeness (QED) is 0.651. The number of nitrogens with zero attached hydrogens (tertiary/aromatic N) is 4. The zero-order valence-electron chi connectivity index (χ0n) is 17.5. The largest absolute Gasteiger partial charge is 0.508 e. The van der Waals surface area contributed by atoms with Crippen molar-refractivity contribution in [2.45, 2.75) is 12.7 Å². The smallest absolute Gasteiger partial charge is 0.416 e. The number of aromatic hydroxyl groups is 1. The Morgan fingerprint density at radius 2 is 1.61 bits per heavy atom. The molecule has 0 radical (unpaired) electrons. The van der Waals surface area contributed by atoms with E-state index in [0.29, 0.717) is 31.7 Å². The van der Waals surface area contributed by atoms with Crippen LogP contribution in [0.2, 0.25) is 0 Å². The standard InChI is InChI=1S/C23H21F3N4O3/c24-23(25,26)17-3-1-16(2-4-17)20-13-21(32)30(15-27-20)14-22(33)29-11-9-28(10-12-29)18-5-7-19(31)8-6-18/h1-8,13,15,31H,9-12,14H2. The first-order valence-corrected chi connectivity index (χ1v) is 10.3. The van der Waals surface area contributed by atoms with Crippen molar-refractivity contribution in [1.29, 1.82) is 0 Å². The minimum Gasteiger partial charge on any atom is -0.508 e. The number of aromatic nitrogens is 2. The van der Waals surface area contributed by atoms with E-state index in [0.717, 1.165) is 17.8 Å². The zero-order chi connectivity index (χ0) is 23.6. The summed E-state index contributed by atoms with van der Waals surface area (Å²) < 4.78 is 39.3. The highest BCUT2D eigenvalue weighted by atomic mass is 19.4. The molecule has 33 heavy (non-hydrogen) atoms. The second-order valence-corrected chi connectivity index (χ2v) is 7.70. The Morgan fingerprint density at radius 1 is 0.970 bits per heavy atom. The zero-order valence-corrected chi connectivity index (χ0v) is 17.5. The highest BCUT2D eigenvalue weighted by molar-refractivity contribution is 5.76. The van der Waals surface area contributed by atoms with E-state index in [4.69, 9.17) is 0 Å². The van der Waals surface area contributed by atoms with Crippen LogP contribution in [0.25, 0.3) is 11.3 Å². The third-order valence-corrected chi connectivity index (χ3v) is 5.54. The Hall–Kier alpha value is -3.82. The molecule has 2 aromatic carbocycles. The van der Waals surface area contributed by atoms with E-state index in [2.05, 4.69) is 9.88 Å². The summed E-state index contributed by atoms with van der Waals surface area (Å²) in [5.74, 6) is -0.0255. The number of carbonyl (C=O) groups is 1. The molecule has 1 aliphatic heterocycles. The average molecular weight is 458 g/mol. The molecule has 0 saturated carbocycles. The molecule has 0 bridgehead atoms. The van der Waals surface area contributed by atoms with Gasteiger partial charge in [0.15, 0.2) is 0 Å². The highest BCUT2D eigenvalue weighted by Gasteiger charge is 2.30. The van der Waals surface area contributed by atoms with Crippen LogP contribution in [-0.2, 0) is 17.5 Å².